The summed E-state index contributed by atoms with van der Waals surface area (Å²) < 4.78 is 10.3. The number of aromatic nitrogens is 1. The van der Waals surface area contributed by atoms with E-state index in [1.54, 1.807) is 7.11 Å². The highest BCUT2D eigenvalue weighted by Crippen LogP contribution is 2.15. The van der Waals surface area contributed by atoms with E-state index in [1.807, 2.05) is 24.3 Å². The number of benzene rings is 1. The molecule has 1 aromatic heterocycles. The molecule has 0 bridgehead atoms. The van der Waals surface area contributed by atoms with Crippen LogP contribution in [0.2, 0.25) is 0 Å². The summed E-state index contributed by atoms with van der Waals surface area (Å²) in [5, 5.41) is 0. The Morgan fingerprint density at radius 1 is 1.50 bits per heavy atom. The number of carbonyl (C=O) groups is 1. The van der Waals surface area contributed by atoms with E-state index in [1.165, 1.54) is 6.26 Å². The maximum Gasteiger partial charge on any atom is 0.199 e. The molecule has 0 spiro atoms. The molecular formula is C12H11NO3. The fourth-order valence-electron chi connectivity index (χ4n) is 1.42. The first-order valence-electron chi connectivity index (χ1n) is 4.84. The summed E-state index contributed by atoms with van der Waals surface area (Å²) in [6.07, 6.45) is 2.56. The number of ether oxygens (including phenoxy) is 1. The van der Waals surface area contributed by atoms with Crippen molar-refractivity contribution in [3.63, 3.8) is 0 Å². The summed E-state index contributed by atoms with van der Waals surface area (Å²) in [7, 11) is 1.62. The van der Waals surface area contributed by atoms with Crippen molar-refractivity contribution in [2.45, 2.75) is 6.42 Å². The highest BCUT2D eigenvalue weighted by molar-refractivity contribution is 5.70. The van der Waals surface area contributed by atoms with Crippen LogP contribution in [0.5, 0.6) is 5.75 Å². The van der Waals surface area contributed by atoms with Crippen molar-refractivity contribution in [1.82, 2.24) is 4.98 Å². The smallest absolute Gasteiger partial charge is 0.199 e. The molecule has 0 atom stereocenters. The topological polar surface area (TPSA) is 52.3 Å². The zero-order valence-electron chi connectivity index (χ0n) is 8.84. The molecule has 2 rings (SSSR count). The van der Waals surface area contributed by atoms with E-state index >= 15 is 0 Å². The Balaban J connectivity index is 2.16. The van der Waals surface area contributed by atoms with E-state index in [4.69, 9.17) is 9.15 Å². The molecule has 0 N–H and O–H groups in total. The number of rotatable bonds is 4. The van der Waals surface area contributed by atoms with Crippen molar-refractivity contribution >= 4 is 6.29 Å². The molecule has 16 heavy (non-hydrogen) atoms. The van der Waals surface area contributed by atoms with Crippen molar-refractivity contribution in [1.29, 1.82) is 0 Å². The van der Waals surface area contributed by atoms with Crippen molar-refractivity contribution in [2.24, 2.45) is 0 Å². The molecule has 0 saturated carbocycles. The van der Waals surface area contributed by atoms with Gasteiger partial charge >= 0.3 is 0 Å². The Hall–Kier alpha value is -2.10. The SMILES string of the molecule is COc1cccc(Cc2nc(C=O)co2)c1. The number of hydrogen-bond acceptors (Lipinski definition) is 4. The molecule has 0 aliphatic carbocycles. The van der Waals surface area contributed by atoms with E-state index in [0.717, 1.165) is 11.3 Å². The average Bonchev–Trinajstić information content (AvgIpc) is 2.77. The normalized spacial score (nSPS) is 10.1. The number of hydrogen-bond donors (Lipinski definition) is 0. The van der Waals surface area contributed by atoms with Gasteiger partial charge in [-0.05, 0) is 17.7 Å². The van der Waals surface area contributed by atoms with Crippen LogP contribution in [-0.2, 0) is 6.42 Å². The summed E-state index contributed by atoms with van der Waals surface area (Å²) in [6.45, 7) is 0. The van der Waals surface area contributed by atoms with E-state index < -0.39 is 0 Å². The van der Waals surface area contributed by atoms with Crippen LogP contribution < -0.4 is 4.74 Å². The number of carbonyl (C=O) groups excluding carboxylic acids is 1. The van der Waals surface area contributed by atoms with Crippen LogP contribution in [0.4, 0.5) is 0 Å². The van der Waals surface area contributed by atoms with Crippen LogP contribution >= 0.6 is 0 Å². The van der Waals surface area contributed by atoms with Crippen LogP contribution in [0.1, 0.15) is 21.9 Å². The maximum absolute atomic E-state index is 10.4. The van der Waals surface area contributed by atoms with Gasteiger partial charge in [0.25, 0.3) is 0 Å². The summed E-state index contributed by atoms with van der Waals surface area (Å²) in [5.41, 5.74) is 1.34. The standard InChI is InChI=1S/C12H11NO3/c1-15-11-4-2-3-9(5-11)6-12-13-10(7-14)8-16-12/h2-5,7-8H,6H2,1H3. The molecule has 0 unspecified atom stereocenters. The van der Waals surface area contributed by atoms with Gasteiger partial charge in [-0.25, -0.2) is 4.98 Å². The predicted octanol–water partition coefficient (Wildman–Crippen LogP) is 2.09. The number of methoxy groups -OCH3 is 1. The van der Waals surface area contributed by atoms with Crippen molar-refractivity contribution in [3.05, 3.63) is 47.7 Å². The second-order valence-electron chi connectivity index (χ2n) is 3.31. The lowest BCUT2D eigenvalue weighted by atomic mass is 10.1. The summed E-state index contributed by atoms with van der Waals surface area (Å²) in [4.78, 5) is 14.4. The Bertz CT molecular complexity index is 491. The number of nitrogens with zero attached hydrogens (tertiary/aromatic N) is 1. The fraction of sp³-hybridized carbons (Fsp3) is 0.167. The number of aldehydes is 1. The molecular weight excluding hydrogens is 206 g/mol. The first kappa shape index (κ1) is 10.4. The molecule has 0 amide bonds. The average molecular weight is 217 g/mol. The zero-order valence-corrected chi connectivity index (χ0v) is 8.84. The van der Waals surface area contributed by atoms with Crippen LogP contribution in [0.25, 0.3) is 0 Å². The Labute approximate surface area is 92.9 Å². The third-order valence-electron chi connectivity index (χ3n) is 2.18. The molecule has 0 fully saturated rings. The lowest BCUT2D eigenvalue weighted by Crippen LogP contribution is -1.90. The largest absolute Gasteiger partial charge is 0.497 e. The maximum atomic E-state index is 10.4. The van der Waals surface area contributed by atoms with Crippen molar-refractivity contribution < 1.29 is 13.9 Å². The van der Waals surface area contributed by atoms with Gasteiger partial charge in [0.05, 0.1) is 7.11 Å². The number of oxazole rings is 1. The van der Waals surface area contributed by atoms with E-state index in [9.17, 15) is 4.79 Å². The van der Waals surface area contributed by atoms with Gasteiger partial charge in [-0.15, -0.1) is 0 Å². The lowest BCUT2D eigenvalue weighted by Gasteiger charge is -2.01. The van der Waals surface area contributed by atoms with Crippen LogP contribution in [0, 0.1) is 0 Å². The molecule has 82 valence electrons. The quantitative estimate of drug-likeness (QED) is 0.736. The minimum Gasteiger partial charge on any atom is -0.497 e. The molecule has 0 radical (unpaired) electrons. The minimum atomic E-state index is 0.317. The van der Waals surface area contributed by atoms with Crippen molar-refractivity contribution in [3.8, 4) is 5.75 Å². The summed E-state index contributed by atoms with van der Waals surface area (Å²) in [5.74, 6) is 1.31. The highest BCUT2D eigenvalue weighted by atomic mass is 16.5. The van der Waals surface area contributed by atoms with Gasteiger partial charge in [0.1, 0.15) is 17.7 Å². The van der Waals surface area contributed by atoms with Gasteiger partial charge in [0.2, 0.25) is 0 Å². The van der Waals surface area contributed by atoms with Crippen LogP contribution in [0.3, 0.4) is 0 Å². The predicted molar refractivity (Wildman–Crippen MR) is 57.7 cm³/mol. The Morgan fingerprint density at radius 3 is 3.06 bits per heavy atom. The third-order valence-corrected chi connectivity index (χ3v) is 2.18. The molecule has 1 heterocycles. The molecule has 0 aliphatic rings. The van der Waals surface area contributed by atoms with Crippen LogP contribution in [0.15, 0.2) is 34.9 Å². The first-order chi connectivity index (χ1) is 7.81. The zero-order chi connectivity index (χ0) is 11.4. The molecule has 1 aromatic carbocycles. The van der Waals surface area contributed by atoms with Gasteiger partial charge < -0.3 is 9.15 Å². The van der Waals surface area contributed by atoms with Gasteiger partial charge in [0.15, 0.2) is 12.2 Å². The van der Waals surface area contributed by atoms with E-state index in [2.05, 4.69) is 4.98 Å². The van der Waals surface area contributed by atoms with Gasteiger partial charge in [-0.3, -0.25) is 4.79 Å². The Kier molecular flexibility index (Phi) is 3.00. The molecule has 4 nitrogen and oxygen atoms in total. The Morgan fingerprint density at radius 2 is 2.38 bits per heavy atom. The fourth-order valence-corrected chi connectivity index (χ4v) is 1.42. The summed E-state index contributed by atoms with van der Waals surface area (Å²) >= 11 is 0. The first-order valence-corrected chi connectivity index (χ1v) is 4.84. The van der Waals surface area contributed by atoms with E-state index in [0.29, 0.717) is 24.3 Å². The summed E-state index contributed by atoms with van der Waals surface area (Å²) in [6, 6.07) is 7.63. The van der Waals surface area contributed by atoms with Gasteiger partial charge in [0, 0.05) is 6.42 Å². The molecule has 2 aromatic rings. The van der Waals surface area contributed by atoms with Gasteiger partial charge in [-0.1, -0.05) is 12.1 Å². The second-order valence-corrected chi connectivity index (χ2v) is 3.31. The third kappa shape index (κ3) is 2.28. The molecule has 0 saturated heterocycles. The highest BCUT2D eigenvalue weighted by Gasteiger charge is 2.04. The van der Waals surface area contributed by atoms with Crippen LogP contribution in [-0.4, -0.2) is 18.4 Å². The monoisotopic (exact) mass is 217 g/mol. The molecule has 0 aliphatic heterocycles. The second kappa shape index (κ2) is 4.61. The van der Waals surface area contributed by atoms with Crippen molar-refractivity contribution in [2.75, 3.05) is 7.11 Å². The van der Waals surface area contributed by atoms with E-state index in [-0.39, 0.29) is 0 Å². The molecule has 4 heteroatoms. The lowest BCUT2D eigenvalue weighted by molar-refractivity contribution is 0.111. The minimum absolute atomic E-state index is 0.317. The van der Waals surface area contributed by atoms with Gasteiger partial charge in [-0.2, -0.15) is 0 Å².